The zero-order valence-electron chi connectivity index (χ0n) is 17.9. The number of amides is 4. The normalized spacial score (nSPS) is 13.1. The number of rotatable bonds is 9. The van der Waals surface area contributed by atoms with Crippen LogP contribution in [-0.2, 0) is 22.7 Å². The fourth-order valence-electron chi connectivity index (χ4n) is 3.31. The van der Waals surface area contributed by atoms with Gasteiger partial charge in [-0.3, -0.25) is 9.59 Å². The van der Waals surface area contributed by atoms with E-state index < -0.39 is 0 Å². The van der Waals surface area contributed by atoms with E-state index in [1.807, 2.05) is 54.6 Å². The van der Waals surface area contributed by atoms with Gasteiger partial charge < -0.3 is 20.9 Å². The molecule has 0 unspecified atom stereocenters. The Kier molecular flexibility index (Phi) is 8.04. The van der Waals surface area contributed by atoms with E-state index in [4.69, 9.17) is 0 Å². The molecule has 1 fully saturated rings. The zero-order valence-corrected chi connectivity index (χ0v) is 17.9. The van der Waals surface area contributed by atoms with Crippen LogP contribution < -0.4 is 16.0 Å². The summed E-state index contributed by atoms with van der Waals surface area (Å²) in [5.41, 5.74) is 2.70. The average molecular weight is 423 g/mol. The van der Waals surface area contributed by atoms with Crippen molar-refractivity contribution in [3.8, 4) is 0 Å². The van der Waals surface area contributed by atoms with Gasteiger partial charge in [0.25, 0.3) is 0 Å². The van der Waals surface area contributed by atoms with Gasteiger partial charge in [0.2, 0.25) is 11.8 Å². The van der Waals surface area contributed by atoms with Gasteiger partial charge >= 0.3 is 6.03 Å². The maximum absolute atomic E-state index is 12.2. The molecule has 3 rings (SSSR count). The van der Waals surface area contributed by atoms with E-state index in [0.29, 0.717) is 13.1 Å². The molecule has 0 spiro atoms. The number of nitrogens with one attached hydrogen (secondary N) is 3. The van der Waals surface area contributed by atoms with Gasteiger partial charge in [0.1, 0.15) is 0 Å². The molecule has 4 amide bonds. The molecule has 164 valence electrons. The van der Waals surface area contributed by atoms with E-state index in [1.165, 1.54) is 0 Å². The van der Waals surface area contributed by atoms with Gasteiger partial charge in [-0.05, 0) is 36.1 Å². The first kappa shape index (κ1) is 22.3. The predicted octanol–water partition coefficient (Wildman–Crippen LogP) is 3.27. The third-order valence-electron chi connectivity index (χ3n) is 5.40. The number of benzene rings is 2. The largest absolute Gasteiger partial charge is 0.352 e. The summed E-state index contributed by atoms with van der Waals surface area (Å²) >= 11 is 0. The highest BCUT2D eigenvalue weighted by molar-refractivity contribution is 5.93. The van der Waals surface area contributed by atoms with Crippen LogP contribution in [0.1, 0.15) is 36.8 Å². The maximum Gasteiger partial charge on any atom is 0.317 e. The van der Waals surface area contributed by atoms with Crippen molar-refractivity contribution in [3.05, 3.63) is 65.7 Å². The van der Waals surface area contributed by atoms with E-state index >= 15 is 0 Å². The third kappa shape index (κ3) is 7.13. The molecule has 7 nitrogen and oxygen atoms in total. The second kappa shape index (κ2) is 11.2. The van der Waals surface area contributed by atoms with Crippen molar-refractivity contribution in [3.63, 3.8) is 0 Å². The molecule has 31 heavy (non-hydrogen) atoms. The number of urea groups is 1. The van der Waals surface area contributed by atoms with Crippen LogP contribution in [0.4, 0.5) is 10.5 Å². The van der Waals surface area contributed by atoms with Crippen molar-refractivity contribution in [1.29, 1.82) is 0 Å². The molecule has 0 aromatic heterocycles. The first-order valence-electron chi connectivity index (χ1n) is 10.7. The summed E-state index contributed by atoms with van der Waals surface area (Å²) in [6.07, 6.45) is 3.23. The van der Waals surface area contributed by atoms with E-state index in [0.717, 1.165) is 36.1 Å². The number of carbonyl (C=O) groups excluding carboxylic acids is 3. The number of carbonyl (C=O) groups is 3. The van der Waals surface area contributed by atoms with Gasteiger partial charge in [0, 0.05) is 44.7 Å². The Morgan fingerprint density at radius 2 is 1.71 bits per heavy atom. The molecule has 7 heteroatoms. The Bertz CT molecular complexity index is 897. The Balaban J connectivity index is 1.35. The zero-order chi connectivity index (χ0) is 22.1. The fraction of sp³-hybridized carbons (Fsp3) is 0.375. The first-order chi connectivity index (χ1) is 15.0. The monoisotopic (exact) mass is 422 g/mol. The van der Waals surface area contributed by atoms with Crippen LogP contribution in [0.25, 0.3) is 0 Å². The van der Waals surface area contributed by atoms with Crippen molar-refractivity contribution >= 4 is 23.5 Å². The molecule has 0 radical (unpaired) electrons. The van der Waals surface area contributed by atoms with Crippen LogP contribution in [0.5, 0.6) is 0 Å². The number of hydrogen-bond acceptors (Lipinski definition) is 3. The second-order valence-electron chi connectivity index (χ2n) is 7.92. The number of nitrogens with zero attached hydrogens (tertiary/aromatic N) is 1. The molecule has 3 N–H and O–H groups in total. The first-order valence-corrected chi connectivity index (χ1v) is 10.7. The Labute approximate surface area is 183 Å². The van der Waals surface area contributed by atoms with Gasteiger partial charge in [-0.1, -0.05) is 48.9 Å². The Morgan fingerprint density at radius 1 is 0.968 bits per heavy atom. The van der Waals surface area contributed by atoms with Gasteiger partial charge in [-0.2, -0.15) is 0 Å². The summed E-state index contributed by atoms with van der Waals surface area (Å²) in [4.78, 5) is 37.9. The van der Waals surface area contributed by atoms with Crippen molar-refractivity contribution < 1.29 is 14.4 Å². The summed E-state index contributed by atoms with van der Waals surface area (Å²) in [6.45, 7) is 1.14. The van der Waals surface area contributed by atoms with Crippen LogP contribution >= 0.6 is 0 Å². The van der Waals surface area contributed by atoms with Gasteiger partial charge in [-0.25, -0.2) is 4.79 Å². The predicted molar refractivity (Wildman–Crippen MR) is 120 cm³/mol. The standard InChI is InChI=1S/C24H30N4O3/c1-28(17-18-7-3-2-4-8-18)24(31)25-14-13-22(29)26-16-19-9-5-12-21(15-19)27-23(30)20-10-6-11-20/h2-5,7-9,12,15,20H,6,10-11,13-14,16-17H2,1H3,(H,25,31)(H,26,29)(H,27,30). The minimum absolute atomic E-state index is 0.0698. The molecule has 1 aliphatic carbocycles. The average Bonchev–Trinajstić information content (AvgIpc) is 2.72. The summed E-state index contributed by atoms with van der Waals surface area (Å²) in [5.74, 6) is 0.0561. The smallest absolute Gasteiger partial charge is 0.317 e. The minimum Gasteiger partial charge on any atom is -0.352 e. The van der Waals surface area contributed by atoms with Gasteiger partial charge in [0.05, 0.1) is 0 Å². The summed E-state index contributed by atoms with van der Waals surface area (Å²) in [6, 6.07) is 17.0. The van der Waals surface area contributed by atoms with Crippen molar-refractivity contribution in [2.24, 2.45) is 5.92 Å². The number of anilines is 1. The number of hydrogen-bond donors (Lipinski definition) is 3. The highest BCUT2D eigenvalue weighted by Crippen LogP contribution is 2.27. The highest BCUT2D eigenvalue weighted by Gasteiger charge is 2.25. The fourth-order valence-corrected chi connectivity index (χ4v) is 3.31. The van der Waals surface area contributed by atoms with Crippen LogP contribution in [0.15, 0.2) is 54.6 Å². The van der Waals surface area contributed by atoms with Crippen molar-refractivity contribution in [1.82, 2.24) is 15.5 Å². The molecule has 2 aromatic carbocycles. The van der Waals surface area contributed by atoms with Crippen LogP contribution in [0, 0.1) is 5.92 Å². The molecule has 0 bridgehead atoms. The summed E-state index contributed by atoms with van der Waals surface area (Å²) in [7, 11) is 1.72. The SMILES string of the molecule is CN(Cc1ccccc1)C(=O)NCCC(=O)NCc1cccc(NC(=O)C2CCC2)c1. The molecule has 1 aliphatic rings. The lowest BCUT2D eigenvalue weighted by Crippen LogP contribution is -2.38. The quantitative estimate of drug-likeness (QED) is 0.579. The van der Waals surface area contributed by atoms with Crippen LogP contribution in [0.2, 0.25) is 0 Å². The molecule has 0 saturated heterocycles. The van der Waals surface area contributed by atoms with Gasteiger partial charge in [-0.15, -0.1) is 0 Å². The van der Waals surface area contributed by atoms with E-state index in [2.05, 4.69) is 16.0 Å². The molecule has 0 heterocycles. The lowest BCUT2D eigenvalue weighted by molar-refractivity contribution is -0.122. The van der Waals surface area contributed by atoms with Crippen molar-refractivity contribution in [2.45, 2.75) is 38.8 Å². The summed E-state index contributed by atoms with van der Waals surface area (Å²) < 4.78 is 0. The van der Waals surface area contributed by atoms with Crippen molar-refractivity contribution in [2.75, 3.05) is 18.9 Å². The Hall–Kier alpha value is -3.35. The topological polar surface area (TPSA) is 90.5 Å². The molecule has 0 aliphatic heterocycles. The molecule has 0 atom stereocenters. The second-order valence-corrected chi connectivity index (χ2v) is 7.92. The van der Waals surface area contributed by atoms with Gasteiger partial charge in [0.15, 0.2) is 0 Å². The Morgan fingerprint density at radius 3 is 2.42 bits per heavy atom. The summed E-state index contributed by atoms with van der Waals surface area (Å²) in [5, 5.41) is 8.56. The lowest BCUT2D eigenvalue weighted by Gasteiger charge is -2.24. The molecule has 2 aromatic rings. The van der Waals surface area contributed by atoms with E-state index in [9.17, 15) is 14.4 Å². The van der Waals surface area contributed by atoms with E-state index in [1.54, 1.807) is 11.9 Å². The van der Waals surface area contributed by atoms with Crippen LogP contribution in [0.3, 0.4) is 0 Å². The minimum atomic E-state index is -0.216. The molecule has 1 saturated carbocycles. The maximum atomic E-state index is 12.2. The molecular formula is C24H30N4O3. The molecular weight excluding hydrogens is 392 g/mol. The van der Waals surface area contributed by atoms with Crippen LogP contribution in [-0.4, -0.2) is 36.3 Å². The lowest BCUT2D eigenvalue weighted by atomic mass is 9.85. The third-order valence-corrected chi connectivity index (χ3v) is 5.40. The van der Waals surface area contributed by atoms with E-state index in [-0.39, 0.29) is 36.7 Å². The highest BCUT2D eigenvalue weighted by atomic mass is 16.2.